The zero-order valence-corrected chi connectivity index (χ0v) is 16.4. The molecular formula is C15H18BrN3O3S2. The molecule has 0 spiro atoms. The van der Waals surface area contributed by atoms with Gasteiger partial charge in [0.15, 0.2) is 0 Å². The Hall–Kier alpha value is -1.19. The van der Waals surface area contributed by atoms with Crippen LogP contribution in [0.3, 0.4) is 0 Å². The molecule has 1 fully saturated rings. The summed E-state index contributed by atoms with van der Waals surface area (Å²) in [7, 11) is -2.91. The number of hydrogen-bond donors (Lipinski definition) is 1. The van der Waals surface area contributed by atoms with E-state index in [9.17, 15) is 13.2 Å². The van der Waals surface area contributed by atoms with Crippen LogP contribution < -0.4 is 11.3 Å². The maximum absolute atomic E-state index is 12.4. The van der Waals surface area contributed by atoms with Gasteiger partial charge in [0, 0.05) is 12.7 Å². The molecule has 0 aromatic carbocycles. The number of rotatable bonds is 3. The molecule has 3 heterocycles. The minimum absolute atomic E-state index is 0.0465. The molecule has 0 atom stereocenters. The largest absolute Gasteiger partial charge is 0.383 e. The molecule has 1 saturated heterocycles. The fourth-order valence-corrected chi connectivity index (χ4v) is 5.89. The standard InChI is InChI=1S/C15H18BrN3O3S2/c1-2-19-8-11(16)13-10(15(19)20)7-12(23-13)14(17)18-9-3-5-24(21,22)6-4-9/h7-9H,2-6H2,1H3,(H2,17,18). The van der Waals surface area contributed by atoms with E-state index in [0.29, 0.717) is 30.6 Å². The summed E-state index contributed by atoms with van der Waals surface area (Å²) in [4.78, 5) is 17.6. The van der Waals surface area contributed by atoms with Crippen LogP contribution in [0.2, 0.25) is 0 Å². The van der Waals surface area contributed by atoms with Crippen molar-refractivity contribution in [3.8, 4) is 0 Å². The summed E-state index contributed by atoms with van der Waals surface area (Å²) in [5, 5.41) is 0.621. The van der Waals surface area contributed by atoms with Crippen LogP contribution >= 0.6 is 27.3 Å². The van der Waals surface area contributed by atoms with Gasteiger partial charge in [-0.15, -0.1) is 11.3 Å². The molecule has 3 rings (SSSR count). The number of amidine groups is 1. The summed E-state index contributed by atoms with van der Waals surface area (Å²) < 4.78 is 26.3. The number of halogens is 1. The van der Waals surface area contributed by atoms with E-state index in [1.165, 1.54) is 11.3 Å². The van der Waals surface area contributed by atoms with E-state index in [2.05, 4.69) is 20.9 Å². The summed E-state index contributed by atoms with van der Waals surface area (Å²) in [5.41, 5.74) is 6.07. The van der Waals surface area contributed by atoms with Crippen LogP contribution in [0.15, 0.2) is 26.5 Å². The first kappa shape index (κ1) is 17.6. The molecule has 1 aliphatic heterocycles. The Kier molecular flexibility index (Phi) is 4.85. The number of pyridine rings is 1. The van der Waals surface area contributed by atoms with E-state index in [4.69, 9.17) is 5.73 Å². The zero-order chi connectivity index (χ0) is 17.5. The number of sulfone groups is 1. The fourth-order valence-electron chi connectivity index (χ4n) is 2.76. The van der Waals surface area contributed by atoms with Gasteiger partial charge in [0.2, 0.25) is 0 Å². The van der Waals surface area contributed by atoms with Gasteiger partial charge in [0.1, 0.15) is 15.7 Å². The molecule has 24 heavy (non-hydrogen) atoms. The second-order valence-electron chi connectivity index (χ2n) is 5.82. The monoisotopic (exact) mass is 431 g/mol. The predicted molar refractivity (Wildman–Crippen MR) is 102 cm³/mol. The van der Waals surface area contributed by atoms with Crippen LogP contribution in [0.5, 0.6) is 0 Å². The van der Waals surface area contributed by atoms with E-state index in [0.717, 1.165) is 14.0 Å². The van der Waals surface area contributed by atoms with Gasteiger partial charge in [-0.2, -0.15) is 0 Å². The molecule has 2 aromatic heterocycles. The Morgan fingerprint density at radius 2 is 2.12 bits per heavy atom. The quantitative estimate of drug-likeness (QED) is 0.594. The Labute approximate surface area is 152 Å². The summed E-state index contributed by atoms with van der Waals surface area (Å²) in [6.45, 7) is 2.51. The zero-order valence-electron chi connectivity index (χ0n) is 13.2. The first-order valence-electron chi connectivity index (χ1n) is 7.67. The molecule has 0 aliphatic carbocycles. The molecule has 6 nitrogen and oxygen atoms in total. The summed E-state index contributed by atoms with van der Waals surface area (Å²) in [6.07, 6.45) is 2.78. The Morgan fingerprint density at radius 1 is 1.46 bits per heavy atom. The molecule has 2 N–H and O–H groups in total. The first-order valence-corrected chi connectivity index (χ1v) is 11.1. The van der Waals surface area contributed by atoms with Gasteiger partial charge in [-0.25, -0.2) is 8.42 Å². The highest BCUT2D eigenvalue weighted by atomic mass is 79.9. The number of nitrogens with zero attached hydrogens (tertiary/aromatic N) is 2. The van der Waals surface area contributed by atoms with E-state index >= 15 is 0 Å². The lowest BCUT2D eigenvalue weighted by Gasteiger charge is -2.18. The molecule has 0 bridgehead atoms. The number of aromatic nitrogens is 1. The summed E-state index contributed by atoms with van der Waals surface area (Å²) in [6, 6.07) is 1.70. The van der Waals surface area contributed by atoms with E-state index < -0.39 is 9.84 Å². The van der Waals surface area contributed by atoms with Gasteiger partial charge >= 0.3 is 0 Å². The molecule has 0 radical (unpaired) electrons. The van der Waals surface area contributed by atoms with Crippen LogP contribution in [0, 0.1) is 0 Å². The third kappa shape index (κ3) is 3.43. The van der Waals surface area contributed by atoms with Gasteiger partial charge in [-0.1, -0.05) is 0 Å². The SMILES string of the molecule is CCn1cc(Br)c2sc(C(N)=NC3CCS(=O)(=O)CC3)cc2c1=O. The van der Waals surface area contributed by atoms with Crippen molar-refractivity contribution in [3.63, 3.8) is 0 Å². The average Bonchev–Trinajstić information content (AvgIpc) is 2.99. The highest BCUT2D eigenvalue weighted by Crippen LogP contribution is 2.30. The molecule has 0 saturated carbocycles. The molecular weight excluding hydrogens is 414 g/mol. The Bertz CT molecular complexity index is 962. The molecule has 130 valence electrons. The number of aryl methyl sites for hydroxylation is 1. The normalized spacial score (nSPS) is 19.0. The average molecular weight is 432 g/mol. The minimum atomic E-state index is -2.91. The van der Waals surface area contributed by atoms with Gasteiger partial charge in [0.25, 0.3) is 5.56 Å². The number of nitrogens with two attached hydrogens (primary N) is 1. The van der Waals surface area contributed by atoms with Crippen molar-refractivity contribution in [2.45, 2.75) is 32.4 Å². The Balaban J connectivity index is 1.95. The van der Waals surface area contributed by atoms with E-state index in [1.54, 1.807) is 16.8 Å². The van der Waals surface area contributed by atoms with E-state index in [-0.39, 0.29) is 23.1 Å². The summed E-state index contributed by atoms with van der Waals surface area (Å²) in [5.74, 6) is 0.691. The van der Waals surface area contributed by atoms with Crippen LogP contribution in [0.4, 0.5) is 0 Å². The second kappa shape index (κ2) is 6.61. The smallest absolute Gasteiger partial charge is 0.259 e. The predicted octanol–water partition coefficient (Wildman–Crippen LogP) is 2.13. The fraction of sp³-hybridized carbons (Fsp3) is 0.467. The molecule has 9 heteroatoms. The van der Waals surface area contributed by atoms with Gasteiger partial charge in [-0.3, -0.25) is 9.79 Å². The first-order chi connectivity index (χ1) is 11.3. The topological polar surface area (TPSA) is 94.5 Å². The third-order valence-electron chi connectivity index (χ3n) is 4.15. The van der Waals surface area contributed by atoms with Gasteiger partial charge < -0.3 is 10.3 Å². The summed E-state index contributed by atoms with van der Waals surface area (Å²) >= 11 is 4.92. The lowest BCUT2D eigenvalue weighted by Crippen LogP contribution is -2.27. The van der Waals surface area contributed by atoms with Crippen molar-refractivity contribution in [2.75, 3.05) is 11.5 Å². The van der Waals surface area contributed by atoms with Crippen LogP contribution in [-0.4, -0.2) is 36.4 Å². The molecule has 2 aromatic rings. The molecule has 0 amide bonds. The maximum Gasteiger partial charge on any atom is 0.259 e. The number of thiophene rings is 1. The van der Waals surface area contributed by atoms with Crippen molar-refractivity contribution in [3.05, 3.63) is 32.0 Å². The number of hydrogen-bond acceptors (Lipinski definition) is 5. The van der Waals surface area contributed by atoms with Crippen molar-refractivity contribution < 1.29 is 8.42 Å². The van der Waals surface area contributed by atoms with Gasteiger partial charge in [0.05, 0.1) is 37.0 Å². The lowest BCUT2D eigenvalue weighted by molar-refractivity contribution is 0.548. The van der Waals surface area contributed by atoms with Crippen molar-refractivity contribution in [2.24, 2.45) is 10.7 Å². The molecule has 1 aliphatic rings. The third-order valence-corrected chi connectivity index (χ3v) is 7.92. The van der Waals surface area contributed by atoms with Crippen molar-refractivity contribution >= 4 is 53.0 Å². The minimum Gasteiger partial charge on any atom is -0.383 e. The molecule has 0 unspecified atom stereocenters. The van der Waals surface area contributed by atoms with Crippen LogP contribution in [0.25, 0.3) is 10.1 Å². The second-order valence-corrected chi connectivity index (χ2v) is 10.0. The van der Waals surface area contributed by atoms with Crippen molar-refractivity contribution in [1.29, 1.82) is 0 Å². The highest BCUT2D eigenvalue weighted by Gasteiger charge is 2.23. The number of aliphatic imine (C=N–C) groups is 1. The van der Waals surface area contributed by atoms with Gasteiger partial charge in [-0.05, 0) is 41.8 Å². The van der Waals surface area contributed by atoms with E-state index in [1.807, 2.05) is 6.92 Å². The van der Waals surface area contributed by atoms with Crippen LogP contribution in [0.1, 0.15) is 24.6 Å². The van der Waals surface area contributed by atoms with Crippen molar-refractivity contribution in [1.82, 2.24) is 4.57 Å². The highest BCUT2D eigenvalue weighted by molar-refractivity contribution is 9.10. The van der Waals surface area contributed by atoms with Crippen LogP contribution in [-0.2, 0) is 16.4 Å². The Morgan fingerprint density at radius 3 is 2.75 bits per heavy atom. The maximum atomic E-state index is 12.4. The lowest BCUT2D eigenvalue weighted by atomic mass is 10.2. The number of fused-ring (bicyclic) bond motifs is 1.